The summed E-state index contributed by atoms with van der Waals surface area (Å²) < 4.78 is 80.2. The molecule has 21 heteroatoms. The summed E-state index contributed by atoms with van der Waals surface area (Å²) in [5, 5.41) is 68.4. The van der Waals surface area contributed by atoms with Crippen molar-refractivity contribution >= 4 is 15.8 Å². The number of alkyl halides is 1. The Morgan fingerprint density at radius 2 is 1.64 bits per heavy atom. The molecule has 19 atom stereocenters. The number of benzene rings is 1. The fraction of sp³-hybridized carbons (Fsp3) is 0.836. The second-order valence-electron chi connectivity index (χ2n) is 23.9. The molecule has 0 radical (unpaired) electrons. The number of esters is 1. The van der Waals surface area contributed by atoms with Crippen LogP contribution >= 0.6 is 0 Å². The number of sulfone groups is 1. The summed E-state index contributed by atoms with van der Waals surface area (Å²) in [6, 6.07) is 4.90. The number of likely N-dealkylation sites (N-methyl/N-ethyl adjacent to an activating group) is 2. The van der Waals surface area contributed by atoms with Crippen molar-refractivity contribution in [3.05, 3.63) is 41.7 Å². The summed E-state index contributed by atoms with van der Waals surface area (Å²) in [7, 11) is 1.80. The topological polar surface area (TPSA) is 245 Å². The van der Waals surface area contributed by atoms with Gasteiger partial charge >= 0.3 is 5.97 Å². The Labute approximate surface area is 451 Å². The summed E-state index contributed by atoms with van der Waals surface area (Å²) in [4.78, 5) is 18.7. The quantitative estimate of drug-likeness (QED) is 0.138. The van der Waals surface area contributed by atoms with Gasteiger partial charge in [-0.1, -0.05) is 44.5 Å². The van der Waals surface area contributed by atoms with Gasteiger partial charge in [0.2, 0.25) is 0 Å². The molecular weight excluding hydrogens is 1010 g/mol. The van der Waals surface area contributed by atoms with Gasteiger partial charge in [0.1, 0.15) is 36.7 Å². The average Bonchev–Trinajstić information content (AvgIpc) is 3.83. The molecule has 1 saturated carbocycles. The fourth-order valence-corrected chi connectivity index (χ4v) is 13.8. The predicted molar refractivity (Wildman–Crippen MR) is 281 cm³/mol. The molecule has 4 fully saturated rings. The molecule has 1 aliphatic carbocycles. The van der Waals surface area contributed by atoms with Crippen LogP contribution in [0, 0.1) is 23.7 Å². The Kier molecular flexibility index (Phi) is 21.2. The number of aliphatic hydroxyl groups excluding tert-OH is 3. The van der Waals surface area contributed by atoms with Crippen molar-refractivity contribution in [1.29, 1.82) is 0 Å². The molecule has 0 bridgehead atoms. The molecule has 19 nitrogen and oxygen atoms in total. The zero-order valence-electron chi connectivity index (χ0n) is 47.3. The van der Waals surface area contributed by atoms with E-state index in [4.69, 9.17) is 28.4 Å². The Morgan fingerprint density at radius 1 is 0.974 bits per heavy atom. The summed E-state index contributed by atoms with van der Waals surface area (Å²) in [6.07, 6.45) is -4.22. The van der Waals surface area contributed by atoms with Gasteiger partial charge in [-0.2, -0.15) is 0 Å². The summed E-state index contributed by atoms with van der Waals surface area (Å²) in [5.41, 5.74) is -3.23. The van der Waals surface area contributed by atoms with E-state index in [0.29, 0.717) is 31.6 Å². The van der Waals surface area contributed by atoms with Crippen molar-refractivity contribution < 1.29 is 71.6 Å². The minimum absolute atomic E-state index is 0.0783. The molecule has 3 saturated heterocycles. The molecule has 4 heterocycles. The highest BCUT2D eigenvalue weighted by atomic mass is 32.2. The molecule has 0 spiro atoms. The lowest BCUT2D eigenvalue weighted by atomic mass is 9.77. The van der Waals surface area contributed by atoms with Crippen LogP contribution in [0.15, 0.2) is 35.4 Å². The van der Waals surface area contributed by atoms with Gasteiger partial charge < -0.3 is 63.8 Å². The van der Waals surface area contributed by atoms with Crippen LogP contribution in [-0.4, -0.2) is 202 Å². The molecule has 76 heavy (non-hydrogen) atoms. The van der Waals surface area contributed by atoms with Crippen LogP contribution in [-0.2, 0) is 55.9 Å². The minimum atomic E-state index is -3.39. The van der Waals surface area contributed by atoms with Gasteiger partial charge in [0, 0.05) is 57.2 Å². The van der Waals surface area contributed by atoms with Crippen molar-refractivity contribution in [3.8, 4) is 0 Å². The molecule has 0 amide bonds. The number of ether oxygens (including phenoxy) is 6. The first-order valence-corrected chi connectivity index (χ1v) is 29.3. The third-order valence-corrected chi connectivity index (χ3v) is 19.3. The van der Waals surface area contributed by atoms with Crippen LogP contribution in [0.2, 0.25) is 0 Å². The third kappa shape index (κ3) is 14.6. The highest BCUT2D eigenvalue weighted by Gasteiger charge is 2.53. The van der Waals surface area contributed by atoms with Gasteiger partial charge in [0.05, 0.1) is 63.9 Å². The normalized spacial score (nSPS) is 39.5. The number of hydrogen-bond donors (Lipinski definition) is 5. The SMILES string of the molecule is CC[C@H]1OC(=O)[C@H](C)[C@@H](O[C@H]2C[C@@](C)(OC)[C@@H](O)[C@H](C)O2)[C@H](C)[C@@H](O[C@@H]2O[C@H](C)C[C@H](N(C)CCc3cn([C@H](CF)Cc4ccc(S(=O)(=O)CC5CCC5)cc4)nn3)[C@H]2O)[C@](C)(O)C[C@@H](C)CN(C)[C@H](C)[C@@H](O)[C@]1(C)O. The van der Waals surface area contributed by atoms with E-state index in [0.717, 1.165) is 24.8 Å². The van der Waals surface area contributed by atoms with E-state index in [9.17, 15) is 43.1 Å². The van der Waals surface area contributed by atoms with E-state index in [1.165, 1.54) is 18.7 Å². The first-order chi connectivity index (χ1) is 35.5. The van der Waals surface area contributed by atoms with Crippen molar-refractivity contribution in [2.45, 2.75) is 228 Å². The molecular formula is C55H92FN5O14S. The minimum Gasteiger partial charge on any atom is -0.459 e. The number of aliphatic hydroxyl groups is 5. The van der Waals surface area contributed by atoms with Crippen molar-refractivity contribution in [3.63, 3.8) is 0 Å². The monoisotopic (exact) mass is 1100 g/mol. The molecule has 5 N–H and O–H groups in total. The smallest absolute Gasteiger partial charge is 0.311 e. The summed E-state index contributed by atoms with van der Waals surface area (Å²) >= 11 is 0. The zero-order valence-corrected chi connectivity index (χ0v) is 48.1. The molecule has 6 rings (SSSR count). The van der Waals surface area contributed by atoms with E-state index >= 15 is 0 Å². The molecule has 0 unspecified atom stereocenters. The van der Waals surface area contributed by atoms with Crippen LogP contribution in [0.5, 0.6) is 0 Å². The number of nitrogens with zero attached hydrogens (tertiary/aromatic N) is 5. The predicted octanol–water partition coefficient (Wildman–Crippen LogP) is 4.43. The lowest BCUT2D eigenvalue weighted by Crippen LogP contribution is -2.61. The second kappa shape index (κ2) is 25.8. The van der Waals surface area contributed by atoms with E-state index in [2.05, 4.69) is 10.3 Å². The van der Waals surface area contributed by atoms with Gasteiger partial charge in [-0.15, -0.1) is 5.10 Å². The molecule has 3 aliphatic heterocycles. The van der Waals surface area contributed by atoms with Crippen molar-refractivity contribution in [2.24, 2.45) is 23.7 Å². The van der Waals surface area contributed by atoms with E-state index in [1.807, 2.05) is 37.7 Å². The van der Waals surface area contributed by atoms with Crippen molar-refractivity contribution in [1.82, 2.24) is 24.8 Å². The lowest BCUT2D eigenvalue weighted by molar-refractivity contribution is -0.318. The standard InChI is InChI=1S/C55H92FN5O14S/c1-14-44-55(10,67)48(63)36(6)60(12)29-32(2)26-53(8,66)50(34(4)47(35(5)51(65)73-44)74-45-27-54(9,70-13)49(64)37(7)72-45)75-52-46(62)43(24-33(3)71-52)59(11)23-22-40-30-61(58-57-40)41(28-56)25-38-18-20-42(21-19-38)76(68,69)31-39-16-15-17-39/h18-21,30,32-37,39,41,43-50,52,62-64,66-67H,14-17,22-29,31H2,1-13H3/t32-,33-,34+,35-,36-,37+,41+,43+,44-,45+,46-,47+,48-,49+,50-,52+,53-,54-,55-/m1/s1. The molecule has 4 aliphatic rings. The van der Waals surface area contributed by atoms with Crippen LogP contribution < -0.4 is 0 Å². The number of cyclic esters (lactones) is 1. The van der Waals surface area contributed by atoms with Crippen LogP contribution in [0.4, 0.5) is 4.39 Å². The van der Waals surface area contributed by atoms with Gasteiger partial charge in [0.15, 0.2) is 22.4 Å². The van der Waals surface area contributed by atoms with Crippen LogP contribution in [0.25, 0.3) is 0 Å². The number of rotatable bonds is 17. The number of hydrogen-bond acceptors (Lipinski definition) is 18. The van der Waals surface area contributed by atoms with Gasteiger partial charge in [-0.3, -0.25) is 4.79 Å². The molecule has 434 valence electrons. The van der Waals surface area contributed by atoms with Crippen LogP contribution in [0.1, 0.15) is 131 Å². The first kappa shape index (κ1) is 62.4. The Balaban J connectivity index is 1.22. The van der Waals surface area contributed by atoms with E-state index in [1.54, 1.807) is 78.9 Å². The van der Waals surface area contributed by atoms with E-state index < -0.39 is 131 Å². The molecule has 1 aromatic carbocycles. The highest BCUT2D eigenvalue weighted by molar-refractivity contribution is 7.91. The molecule has 2 aromatic rings. The largest absolute Gasteiger partial charge is 0.459 e. The van der Waals surface area contributed by atoms with Gasteiger partial charge in [0.25, 0.3) is 0 Å². The maximum atomic E-state index is 14.6. The zero-order chi connectivity index (χ0) is 56.2. The number of aromatic nitrogens is 3. The highest BCUT2D eigenvalue weighted by Crippen LogP contribution is 2.41. The van der Waals surface area contributed by atoms with Gasteiger partial charge in [-0.25, -0.2) is 17.5 Å². The van der Waals surface area contributed by atoms with Gasteiger partial charge in [-0.05, 0) is 131 Å². The number of carbonyl (C=O) groups is 1. The third-order valence-electron chi connectivity index (χ3n) is 17.4. The number of halogens is 1. The summed E-state index contributed by atoms with van der Waals surface area (Å²) in [5.74, 6) is -2.54. The average molecular weight is 1100 g/mol. The fourth-order valence-electron chi connectivity index (χ4n) is 12.1. The number of methoxy groups -OCH3 is 1. The number of carbonyl (C=O) groups excluding carboxylic acids is 1. The lowest BCUT2D eigenvalue weighted by Gasteiger charge is -2.49. The Hall–Kier alpha value is -2.77. The molecule has 1 aromatic heterocycles. The maximum Gasteiger partial charge on any atom is 0.311 e. The second-order valence-corrected chi connectivity index (χ2v) is 25.9. The Bertz CT molecular complexity index is 2270. The first-order valence-electron chi connectivity index (χ1n) is 27.6. The van der Waals surface area contributed by atoms with Crippen molar-refractivity contribution in [2.75, 3.05) is 46.7 Å². The Morgan fingerprint density at radius 3 is 2.25 bits per heavy atom. The summed E-state index contributed by atoms with van der Waals surface area (Å²) in [6.45, 7) is 17.5. The van der Waals surface area contributed by atoms with Crippen LogP contribution in [0.3, 0.4) is 0 Å². The maximum absolute atomic E-state index is 14.6. The van der Waals surface area contributed by atoms with E-state index in [-0.39, 0.29) is 48.2 Å².